The first kappa shape index (κ1) is 11.1. The van der Waals surface area contributed by atoms with Crippen molar-refractivity contribution in [2.24, 2.45) is 0 Å². The number of aromatic nitrogens is 2. The van der Waals surface area contributed by atoms with Crippen LogP contribution in [-0.4, -0.2) is 33.2 Å². The van der Waals surface area contributed by atoms with Crippen molar-refractivity contribution in [3.8, 4) is 0 Å². The van der Waals surface area contributed by atoms with Crippen LogP contribution in [0.2, 0.25) is 0 Å². The van der Waals surface area contributed by atoms with Crippen molar-refractivity contribution in [3.05, 3.63) is 10.6 Å². The molecule has 78 valence electrons. The van der Waals surface area contributed by atoms with Gasteiger partial charge in [-0.3, -0.25) is 4.79 Å². The van der Waals surface area contributed by atoms with Crippen molar-refractivity contribution >= 4 is 17.4 Å². The van der Waals surface area contributed by atoms with Gasteiger partial charge in [-0.25, -0.2) is 0 Å². The summed E-state index contributed by atoms with van der Waals surface area (Å²) in [5.41, 5.74) is 0.642. The average molecular weight is 215 g/mol. The third-order valence-electron chi connectivity index (χ3n) is 1.80. The molecule has 1 aromatic rings. The summed E-state index contributed by atoms with van der Waals surface area (Å²) in [6.45, 7) is 3.66. The second kappa shape index (κ2) is 5.02. The summed E-state index contributed by atoms with van der Waals surface area (Å²) in [5.74, 6) is -0.168. The first-order valence-electron chi connectivity index (χ1n) is 4.35. The Hall–Kier alpha value is -1.01. The zero-order valence-corrected chi connectivity index (χ0v) is 8.97. The topological polar surface area (TPSA) is 75.1 Å². The molecule has 0 bridgehead atoms. The van der Waals surface area contributed by atoms with E-state index in [9.17, 15) is 4.79 Å². The number of carbonyl (C=O) groups is 1. The molecule has 0 spiro atoms. The Kier molecular flexibility index (Phi) is 3.97. The molecule has 0 radical (unpaired) electrons. The van der Waals surface area contributed by atoms with E-state index in [1.54, 1.807) is 6.92 Å². The number of carbonyl (C=O) groups excluding carboxylic acids is 1. The first-order valence-corrected chi connectivity index (χ1v) is 5.13. The fourth-order valence-electron chi connectivity index (χ4n) is 0.995. The monoisotopic (exact) mass is 215 g/mol. The average Bonchev–Trinajstić information content (AvgIpc) is 2.51. The number of hydrogen-bond acceptors (Lipinski definition) is 5. The highest BCUT2D eigenvalue weighted by atomic mass is 32.1. The predicted octanol–water partition coefficient (Wildman–Crippen LogP) is 0.347. The lowest BCUT2D eigenvalue weighted by atomic mass is 10.2. The molecule has 5 nitrogen and oxygen atoms in total. The Morgan fingerprint density at radius 3 is 2.93 bits per heavy atom. The molecule has 0 aliphatic rings. The molecule has 1 atom stereocenters. The van der Waals surface area contributed by atoms with Gasteiger partial charge in [-0.2, -0.15) is 0 Å². The molecule has 1 rings (SSSR count). The van der Waals surface area contributed by atoms with Crippen LogP contribution in [0.3, 0.4) is 0 Å². The summed E-state index contributed by atoms with van der Waals surface area (Å²) in [4.78, 5) is 12.1. The van der Waals surface area contributed by atoms with Crippen molar-refractivity contribution in [2.45, 2.75) is 26.3 Å². The largest absolute Gasteiger partial charge is 0.396 e. The molecule has 0 aliphatic heterocycles. The van der Waals surface area contributed by atoms with Crippen molar-refractivity contribution < 1.29 is 9.90 Å². The molecule has 0 fully saturated rings. The number of aliphatic hydroxyl groups is 1. The molecule has 0 saturated carbocycles. The van der Waals surface area contributed by atoms with Gasteiger partial charge in [-0.15, -0.1) is 5.10 Å². The van der Waals surface area contributed by atoms with Crippen LogP contribution in [0.1, 0.15) is 28.7 Å². The maximum Gasteiger partial charge on any atom is 0.265 e. The molecule has 2 N–H and O–H groups in total. The Bertz CT molecular complexity index is 313. The van der Waals surface area contributed by atoms with Gasteiger partial charge in [0.05, 0.1) is 5.69 Å². The summed E-state index contributed by atoms with van der Waals surface area (Å²) < 4.78 is 3.68. The van der Waals surface area contributed by atoms with Crippen LogP contribution in [0.25, 0.3) is 0 Å². The summed E-state index contributed by atoms with van der Waals surface area (Å²) in [7, 11) is 0. The highest BCUT2D eigenvalue weighted by Crippen LogP contribution is 2.08. The third kappa shape index (κ3) is 2.74. The quantitative estimate of drug-likeness (QED) is 0.759. The lowest BCUT2D eigenvalue weighted by Crippen LogP contribution is -2.33. The van der Waals surface area contributed by atoms with Crippen LogP contribution in [0.15, 0.2) is 0 Å². The van der Waals surface area contributed by atoms with Gasteiger partial charge in [0.2, 0.25) is 0 Å². The summed E-state index contributed by atoms with van der Waals surface area (Å²) in [6, 6.07) is -0.0333. The molecule has 0 aliphatic carbocycles. The van der Waals surface area contributed by atoms with Gasteiger partial charge in [-0.05, 0) is 31.8 Å². The van der Waals surface area contributed by atoms with Crippen LogP contribution in [0.4, 0.5) is 0 Å². The Morgan fingerprint density at radius 2 is 2.43 bits per heavy atom. The Labute approximate surface area is 86.3 Å². The predicted molar refractivity (Wildman–Crippen MR) is 53.3 cm³/mol. The van der Waals surface area contributed by atoms with Gasteiger partial charge in [0.15, 0.2) is 0 Å². The van der Waals surface area contributed by atoms with Gasteiger partial charge in [0, 0.05) is 12.6 Å². The number of nitrogens with one attached hydrogen (secondary N) is 1. The van der Waals surface area contributed by atoms with E-state index < -0.39 is 0 Å². The Balaban J connectivity index is 2.55. The normalized spacial score (nSPS) is 12.5. The zero-order chi connectivity index (χ0) is 10.6. The number of hydrogen-bond donors (Lipinski definition) is 2. The van der Waals surface area contributed by atoms with E-state index in [0.29, 0.717) is 17.0 Å². The van der Waals surface area contributed by atoms with E-state index in [-0.39, 0.29) is 18.6 Å². The minimum Gasteiger partial charge on any atom is -0.396 e. The maximum absolute atomic E-state index is 11.5. The molecule has 0 saturated heterocycles. The number of aryl methyl sites for hydroxylation is 1. The van der Waals surface area contributed by atoms with Crippen molar-refractivity contribution in [1.82, 2.24) is 14.9 Å². The minimum atomic E-state index is -0.168. The second-order valence-electron chi connectivity index (χ2n) is 3.07. The second-order valence-corrected chi connectivity index (χ2v) is 3.83. The van der Waals surface area contributed by atoms with Crippen LogP contribution in [0, 0.1) is 6.92 Å². The lowest BCUT2D eigenvalue weighted by Gasteiger charge is -2.10. The summed E-state index contributed by atoms with van der Waals surface area (Å²) >= 11 is 1.08. The van der Waals surface area contributed by atoms with Crippen LogP contribution in [0.5, 0.6) is 0 Å². The molecule has 14 heavy (non-hydrogen) atoms. The van der Waals surface area contributed by atoms with Crippen LogP contribution < -0.4 is 5.32 Å². The van der Waals surface area contributed by atoms with Gasteiger partial charge in [-0.1, -0.05) is 4.49 Å². The standard InChI is InChI=1S/C8H13N3O2S/c1-5(3-4-12)9-8(13)7-6(2)10-11-14-7/h5,12H,3-4H2,1-2H3,(H,9,13). The van der Waals surface area contributed by atoms with Crippen molar-refractivity contribution in [2.75, 3.05) is 6.61 Å². The molecular formula is C8H13N3O2S. The highest BCUT2D eigenvalue weighted by molar-refractivity contribution is 7.07. The third-order valence-corrected chi connectivity index (χ3v) is 2.62. The fourth-order valence-corrected chi connectivity index (χ4v) is 1.55. The number of amides is 1. The molecule has 1 aromatic heterocycles. The van der Waals surface area contributed by atoms with Crippen LogP contribution >= 0.6 is 11.5 Å². The van der Waals surface area contributed by atoms with Crippen LogP contribution in [-0.2, 0) is 0 Å². The van der Waals surface area contributed by atoms with Crippen molar-refractivity contribution in [3.63, 3.8) is 0 Å². The molecular weight excluding hydrogens is 202 g/mol. The van der Waals surface area contributed by atoms with E-state index in [4.69, 9.17) is 5.11 Å². The smallest absolute Gasteiger partial charge is 0.265 e. The highest BCUT2D eigenvalue weighted by Gasteiger charge is 2.14. The molecule has 6 heteroatoms. The lowest BCUT2D eigenvalue weighted by molar-refractivity contribution is 0.0937. The molecule has 0 aromatic carbocycles. The SMILES string of the molecule is Cc1nnsc1C(=O)NC(C)CCO. The number of nitrogens with zero attached hydrogens (tertiary/aromatic N) is 2. The van der Waals surface area contributed by atoms with Crippen molar-refractivity contribution in [1.29, 1.82) is 0 Å². The maximum atomic E-state index is 11.5. The van der Waals surface area contributed by atoms with Gasteiger partial charge in [0.25, 0.3) is 5.91 Å². The van der Waals surface area contributed by atoms with E-state index in [0.717, 1.165) is 11.5 Å². The van der Waals surface area contributed by atoms with E-state index >= 15 is 0 Å². The van der Waals surface area contributed by atoms with Gasteiger partial charge in [0.1, 0.15) is 4.88 Å². The summed E-state index contributed by atoms with van der Waals surface area (Å²) in [5, 5.41) is 15.2. The number of rotatable bonds is 4. The molecule has 1 heterocycles. The summed E-state index contributed by atoms with van der Waals surface area (Å²) in [6.07, 6.45) is 0.553. The van der Waals surface area contributed by atoms with Gasteiger partial charge < -0.3 is 10.4 Å². The minimum absolute atomic E-state index is 0.0333. The number of aliphatic hydroxyl groups excluding tert-OH is 1. The fraction of sp³-hybridized carbons (Fsp3) is 0.625. The van der Waals surface area contributed by atoms with E-state index in [1.807, 2.05) is 6.92 Å². The Morgan fingerprint density at radius 1 is 1.71 bits per heavy atom. The molecule has 1 unspecified atom stereocenters. The zero-order valence-electron chi connectivity index (χ0n) is 8.15. The molecule has 1 amide bonds. The van der Waals surface area contributed by atoms with E-state index in [1.165, 1.54) is 0 Å². The van der Waals surface area contributed by atoms with E-state index in [2.05, 4.69) is 14.9 Å². The first-order chi connectivity index (χ1) is 6.65. The van der Waals surface area contributed by atoms with Gasteiger partial charge >= 0.3 is 0 Å².